The second kappa shape index (κ2) is 7.16. The maximum absolute atomic E-state index is 12.9. The molecular weight excluding hydrogens is 302 g/mol. The highest BCUT2D eigenvalue weighted by atomic mass is 16.2. The Morgan fingerprint density at radius 2 is 2.12 bits per heavy atom. The van der Waals surface area contributed by atoms with Gasteiger partial charge >= 0.3 is 0 Å². The van der Waals surface area contributed by atoms with Crippen LogP contribution in [0.15, 0.2) is 29.4 Å². The normalized spacial score (nSPS) is 21.7. The number of hydrazone groups is 1. The van der Waals surface area contributed by atoms with Gasteiger partial charge < -0.3 is 4.90 Å². The van der Waals surface area contributed by atoms with Crippen LogP contribution in [0, 0.1) is 6.92 Å². The topological polar surface area (TPSA) is 53.0 Å². The first-order valence-electron chi connectivity index (χ1n) is 8.88. The first-order chi connectivity index (χ1) is 11.6. The van der Waals surface area contributed by atoms with Crippen molar-refractivity contribution in [2.75, 3.05) is 11.6 Å². The number of hydrogen-bond acceptors (Lipinski definition) is 3. The minimum Gasteiger partial charge on any atom is -0.335 e. The van der Waals surface area contributed by atoms with Crippen LogP contribution in [-0.2, 0) is 9.59 Å². The summed E-state index contributed by atoms with van der Waals surface area (Å²) in [5, 5.41) is 5.82. The Kier molecular flexibility index (Phi) is 4.97. The van der Waals surface area contributed by atoms with E-state index in [9.17, 15) is 9.59 Å². The fraction of sp³-hybridized carbons (Fsp3) is 0.526. The molecule has 1 aromatic carbocycles. The van der Waals surface area contributed by atoms with Gasteiger partial charge in [0.2, 0.25) is 5.91 Å². The number of carbonyl (C=O) groups is 2. The summed E-state index contributed by atoms with van der Waals surface area (Å²) < 4.78 is 0. The van der Waals surface area contributed by atoms with Crippen LogP contribution in [0.25, 0.3) is 0 Å². The number of likely N-dealkylation sites (tertiary alicyclic amines) is 1. The van der Waals surface area contributed by atoms with Gasteiger partial charge in [-0.2, -0.15) is 5.10 Å². The van der Waals surface area contributed by atoms with Crippen molar-refractivity contribution in [3.05, 3.63) is 29.8 Å². The number of anilines is 1. The van der Waals surface area contributed by atoms with E-state index < -0.39 is 0 Å². The van der Waals surface area contributed by atoms with Crippen LogP contribution in [0.3, 0.4) is 0 Å². The van der Waals surface area contributed by atoms with Gasteiger partial charge in [-0.3, -0.25) is 9.59 Å². The molecule has 0 spiro atoms. The highest BCUT2D eigenvalue weighted by Crippen LogP contribution is 2.24. The van der Waals surface area contributed by atoms with Crippen LogP contribution in [0.1, 0.15) is 51.0 Å². The van der Waals surface area contributed by atoms with E-state index in [2.05, 4.69) is 12.0 Å². The van der Waals surface area contributed by atoms with Gasteiger partial charge in [0, 0.05) is 25.4 Å². The third kappa shape index (κ3) is 3.35. The third-order valence-electron chi connectivity index (χ3n) is 4.88. The molecule has 5 heteroatoms. The molecule has 0 radical (unpaired) electrons. The minimum absolute atomic E-state index is 0.00621. The van der Waals surface area contributed by atoms with Crippen LogP contribution in [0.2, 0.25) is 0 Å². The molecule has 0 N–H and O–H groups in total. The van der Waals surface area contributed by atoms with Crippen molar-refractivity contribution < 1.29 is 9.59 Å². The van der Waals surface area contributed by atoms with Gasteiger partial charge in [-0.25, -0.2) is 5.01 Å². The molecule has 2 amide bonds. The quantitative estimate of drug-likeness (QED) is 0.855. The van der Waals surface area contributed by atoms with Gasteiger partial charge in [-0.15, -0.1) is 0 Å². The van der Waals surface area contributed by atoms with Crippen molar-refractivity contribution in [2.45, 2.75) is 58.4 Å². The number of carbonyl (C=O) groups excluding carboxylic acids is 2. The molecule has 0 aromatic heterocycles. The summed E-state index contributed by atoms with van der Waals surface area (Å²) in [6, 6.07) is 7.97. The molecule has 0 aliphatic carbocycles. The van der Waals surface area contributed by atoms with E-state index in [-0.39, 0.29) is 11.8 Å². The molecule has 1 saturated heterocycles. The standard InChI is InChI=1S/C19H25N3O2/c1-3-15-8-4-5-12-21(15)19(24)17-10-11-18(23)22(20-17)16-9-6-7-14(2)13-16/h6-7,9,13,15H,3-5,8,10-12H2,1-2H3. The predicted octanol–water partition coefficient (Wildman–Crippen LogP) is 3.27. The van der Waals surface area contributed by atoms with Gasteiger partial charge in [-0.1, -0.05) is 19.1 Å². The van der Waals surface area contributed by atoms with Crippen LogP contribution >= 0.6 is 0 Å². The molecule has 1 atom stereocenters. The Morgan fingerprint density at radius 1 is 1.29 bits per heavy atom. The van der Waals surface area contributed by atoms with Crippen molar-refractivity contribution in [3.63, 3.8) is 0 Å². The fourth-order valence-electron chi connectivity index (χ4n) is 3.53. The van der Waals surface area contributed by atoms with E-state index in [1.54, 1.807) is 0 Å². The number of piperidine rings is 1. The number of nitrogens with zero attached hydrogens (tertiary/aromatic N) is 3. The minimum atomic E-state index is -0.0529. The molecule has 1 fully saturated rings. The summed E-state index contributed by atoms with van der Waals surface area (Å²) in [4.78, 5) is 27.2. The first kappa shape index (κ1) is 16.7. The number of benzene rings is 1. The Hall–Kier alpha value is -2.17. The molecule has 0 saturated carbocycles. The summed E-state index contributed by atoms with van der Waals surface area (Å²) >= 11 is 0. The zero-order chi connectivity index (χ0) is 17.1. The summed E-state index contributed by atoms with van der Waals surface area (Å²) in [6.45, 7) is 4.91. The summed E-state index contributed by atoms with van der Waals surface area (Å²) in [6.07, 6.45) is 5.05. The molecule has 128 valence electrons. The van der Waals surface area contributed by atoms with Crippen molar-refractivity contribution in [1.29, 1.82) is 0 Å². The number of amides is 2. The molecule has 5 nitrogen and oxygen atoms in total. The maximum Gasteiger partial charge on any atom is 0.270 e. The number of hydrogen-bond donors (Lipinski definition) is 0. The number of aryl methyl sites for hydroxylation is 1. The van der Waals surface area contributed by atoms with Gasteiger partial charge in [0.05, 0.1) is 5.69 Å². The van der Waals surface area contributed by atoms with Crippen LogP contribution in [0.5, 0.6) is 0 Å². The lowest BCUT2D eigenvalue weighted by molar-refractivity contribution is -0.127. The molecule has 1 unspecified atom stereocenters. The van der Waals surface area contributed by atoms with Crippen molar-refractivity contribution in [1.82, 2.24) is 4.90 Å². The summed E-state index contributed by atoms with van der Waals surface area (Å²) in [7, 11) is 0. The zero-order valence-corrected chi connectivity index (χ0v) is 14.5. The van der Waals surface area contributed by atoms with Crippen LogP contribution in [0.4, 0.5) is 5.69 Å². The lowest BCUT2D eigenvalue weighted by Gasteiger charge is -2.36. The van der Waals surface area contributed by atoms with E-state index in [4.69, 9.17) is 0 Å². The largest absolute Gasteiger partial charge is 0.335 e. The van der Waals surface area contributed by atoms with Crippen molar-refractivity contribution >= 4 is 23.2 Å². The van der Waals surface area contributed by atoms with Crippen LogP contribution < -0.4 is 5.01 Å². The van der Waals surface area contributed by atoms with Gasteiger partial charge in [-0.05, 0) is 50.3 Å². The fourth-order valence-corrected chi connectivity index (χ4v) is 3.53. The van der Waals surface area contributed by atoms with E-state index in [1.165, 1.54) is 11.4 Å². The molecule has 3 rings (SSSR count). The average molecular weight is 327 g/mol. The van der Waals surface area contributed by atoms with E-state index in [0.29, 0.717) is 24.6 Å². The van der Waals surface area contributed by atoms with Gasteiger partial charge in [0.25, 0.3) is 5.91 Å². The van der Waals surface area contributed by atoms with Crippen molar-refractivity contribution in [2.24, 2.45) is 5.10 Å². The lowest BCUT2D eigenvalue weighted by Crippen LogP contribution is -2.48. The van der Waals surface area contributed by atoms with E-state index >= 15 is 0 Å². The van der Waals surface area contributed by atoms with Crippen LogP contribution in [-0.4, -0.2) is 35.0 Å². The molecule has 0 bridgehead atoms. The molecular formula is C19H25N3O2. The Morgan fingerprint density at radius 3 is 2.88 bits per heavy atom. The SMILES string of the molecule is CCC1CCCCN1C(=O)C1=NN(c2cccc(C)c2)C(=O)CC1. The maximum atomic E-state index is 12.9. The lowest BCUT2D eigenvalue weighted by atomic mass is 9.98. The second-order valence-corrected chi connectivity index (χ2v) is 6.65. The Bertz CT molecular complexity index is 668. The highest BCUT2D eigenvalue weighted by molar-refractivity contribution is 6.40. The Balaban J connectivity index is 1.85. The predicted molar refractivity (Wildman–Crippen MR) is 95.0 cm³/mol. The van der Waals surface area contributed by atoms with Crippen molar-refractivity contribution in [3.8, 4) is 0 Å². The average Bonchev–Trinajstić information content (AvgIpc) is 2.61. The number of rotatable bonds is 3. The Labute approximate surface area is 143 Å². The first-order valence-corrected chi connectivity index (χ1v) is 8.88. The smallest absolute Gasteiger partial charge is 0.270 e. The molecule has 2 heterocycles. The molecule has 2 aliphatic rings. The monoisotopic (exact) mass is 327 g/mol. The van der Waals surface area contributed by atoms with Gasteiger partial charge in [0.1, 0.15) is 5.71 Å². The second-order valence-electron chi connectivity index (χ2n) is 6.65. The molecule has 1 aromatic rings. The highest BCUT2D eigenvalue weighted by Gasteiger charge is 2.32. The summed E-state index contributed by atoms with van der Waals surface area (Å²) in [5.41, 5.74) is 2.31. The summed E-state index contributed by atoms with van der Waals surface area (Å²) in [5.74, 6) is -0.0467. The third-order valence-corrected chi connectivity index (χ3v) is 4.88. The van der Waals surface area contributed by atoms with Gasteiger partial charge in [0.15, 0.2) is 0 Å². The zero-order valence-electron chi connectivity index (χ0n) is 14.5. The van der Waals surface area contributed by atoms with E-state index in [1.807, 2.05) is 36.1 Å². The molecule has 24 heavy (non-hydrogen) atoms. The van der Waals surface area contributed by atoms with E-state index in [0.717, 1.165) is 37.1 Å². The molecule has 2 aliphatic heterocycles.